The minimum Gasteiger partial charge on any atom is -0.492 e. The predicted octanol–water partition coefficient (Wildman–Crippen LogP) is 6.22. The van der Waals surface area contributed by atoms with Crippen molar-refractivity contribution in [3.63, 3.8) is 0 Å². The van der Waals surface area contributed by atoms with E-state index in [0.29, 0.717) is 46.6 Å². The highest BCUT2D eigenvalue weighted by Gasteiger charge is 2.51. The highest BCUT2D eigenvalue weighted by molar-refractivity contribution is 7.81. The zero-order valence-electron chi connectivity index (χ0n) is 32.9. The molecule has 58 heavy (non-hydrogen) atoms. The quantitative estimate of drug-likeness (QED) is 0.122. The average molecular weight is 848 g/mol. The molecule has 7 rings (SSSR count). The molecule has 4 aliphatic rings. The van der Waals surface area contributed by atoms with E-state index >= 15 is 0 Å². The van der Waals surface area contributed by atoms with Crippen molar-refractivity contribution in [2.45, 2.75) is 88.5 Å². The highest BCUT2D eigenvalue weighted by Crippen LogP contribution is 2.48. The first-order valence-electron chi connectivity index (χ1n) is 19.6. The summed E-state index contributed by atoms with van der Waals surface area (Å²) in [5.41, 5.74) is 2.51. The molecule has 3 N–H and O–H groups in total. The summed E-state index contributed by atoms with van der Waals surface area (Å²) in [5, 5.41) is 18.4. The number of hydrogen-bond donors (Lipinski definition) is 4. The van der Waals surface area contributed by atoms with E-state index in [2.05, 4.69) is 51.7 Å². The Labute approximate surface area is 354 Å². The summed E-state index contributed by atoms with van der Waals surface area (Å²) in [6, 6.07) is 17.9. The van der Waals surface area contributed by atoms with Crippen LogP contribution >= 0.6 is 35.8 Å². The smallest absolute Gasteiger partial charge is 0.254 e. The van der Waals surface area contributed by atoms with E-state index in [4.69, 9.17) is 40.6 Å². The number of amides is 4. The number of piperidine rings is 1. The van der Waals surface area contributed by atoms with E-state index in [0.717, 1.165) is 49.5 Å². The molecule has 16 heteroatoms. The number of nitrogens with one attached hydrogen (secondary N) is 3. The Morgan fingerprint density at radius 1 is 0.983 bits per heavy atom. The summed E-state index contributed by atoms with van der Waals surface area (Å²) in [4.78, 5) is 59.1. The lowest BCUT2D eigenvalue weighted by Crippen LogP contribution is -2.58. The maximum absolute atomic E-state index is 13.8. The van der Waals surface area contributed by atoms with E-state index < -0.39 is 17.1 Å². The fourth-order valence-corrected chi connectivity index (χ4v) is 9.39. The van der Waals surface area contributed by atoms with Crippen molar-refractivity contribution in [1.82, 2.24) is 15.1 Å². The van der Waals surface area contributed by atoms with Crippen molar-refractivity contribution in [2.24, 2.45) is 0 Å². The number of anilines is 4. The monoisotopic (exact) mass is 846 g/mol. The lowest BCUT2D eigenvalue weighted by molar-refractivity contribution is -0.133. The van der Waals surface area contributed by atoms with Crippen molar-refractivity contribution in [3.05, 3.63) is 75.8 Å². The summed E-state index contributed by atoms with van der Waals surface area (Å²) < 4.78 is 6.46. The molecule has 3 aromatic rings. The number of nitriles is 1. The van der Waals surface area contributed by atoms with Gasteiger partial charge in [-0.3, -0.25) is 39.2 Å². The number of nitrogens with zero attached hydrogens (tertiary/aromatic N) is 5. The zero-order chi connectivity index (χ0) is 41.5. The fourth-order valence-electron chi connectivity index (χ4n) is 8.28. The van der Waals surface area contributed by atoms with E-state index in [9.17, 15) is 24.4 Å². The number of imide groups is 1. The van der Waals surface area contributed by atoms with Gasteiger partial charge in [-0.25, -0.2) is 0 Å². The van der Waals surface area contributed by atoms with E-state index in [1.807, 2.05) is 30.9 Å². The number of halogens is 2. The number of thiol groups is 1. The Kier molecular flexibility index (Phi) is 12.2. The third kappa shape index (κ3) is 8.89. The Morgan fingerprint density at radius 2 is 1.69 bits per heavy atom. The van der Waals surface area contributed by atoms with Crippen LogP contribution in [0.2, 0.25) is 10.0 Å². The van der Waals surface area contributed by atoms with Gasteiger partial charge in [0.25, 0.3) is 5.91 Å². The molecule has 3 heterocycles. The van der Waals surface area contributed by atoms with Gasteiger partial charge in [0, 0.05) is 65.9 Å². The zero-order valence-corrected chi connectivity index (χ0v) is 35.3. The first kappa shape index (κ1) is 41.6. The summed E-state index contributed by atoms with van der Waals surface area (Å²) in [5.74, 6) is 0.262. The maximum atomic E-state index is 13.8. The first-order chi connectivity index (χ1) is 27.6. The molecule has 0 bridgehead atoms. The van der Waals surface area contributed by atoms with Gasteiger partial charge < -0.3 is 20.3 Å². The lowest BCUT2D eigenvalue weighted by Gasteiger charge is -2.44. The van der Waals surface area contributed by atoms with Gasteiger partial charge in [0.05, 0.1) is 17.1 Å². The first-order valence-corrected chi connectivity index (χ1v) is 20.9. The Morgan fingerprint density at radius 3 is 2.36 bits per heavy atom. The normalized spacial score (nSPS) is 23.7. The van der Waals surface area contributed by atoms with Crippen molar-refractivity contribution in [1.29, 1.82) is 5.26 Å². The summed E-state index contributed by atoms with van der Waals surface area (Å²) in [7, 11) is 0. The SMILES string of the molecule is C[C@@H]1CN(CCOc2ccc(N3C(S)N(c4ccc(C#N)c(Cl)c4)C(=O)C3(C)C)cc2C2CC2)C[C@H](C)N1CC(=O)Nc1cc(Cl)cc(NC2CCC(=O)NC2=O)c1. The third-order valence-electron chi connectivity index (χ3n) is 11.4. The fraction of sp³-hybridized carbons (Fsp3) is 0.452. The number of benzene rings is 3. The summed E-state index contributed by atoms with van der Waals surface area (Å²) in [6.07, 6.45) is 2.77. The van der Waals surface area contributed by atoms with Crippen LogP contribution in [0.1, 0.15) is 70.4 Å². The van der Waals surface area contributed by atoms with Gasteiger partial charge in [-0.2, -0.15) is 5.26 Å². The van der Waals surface area contributed by atoms with Crippen LogP contribution in [0.4, 0.5) is 22.7 Å². The van der Waals surface area contributed by atoms with Crippen LogP contribution in [0, 0.1) is 11.3 Å². The number of piperazine rings is 1. The van der Waals surface area contributed by atoms with E-state index in [-0.39, 0.29) is 53.7 Å². The van der Waals surface area contributed by atoms with Gasteiger partial charge in [-0.05, 0) is 113 Å². The van der Waals surface area contributed by atoms with Crippen molar-refractivity contribution < 1.29 is 23.9 Å². The third-order valence-corrected chi connectivity index (χ3v) is 12.4. The number of ether oxygens (including phenoxy) is 1. The van der Waals surface area contributed by atoms with Gasteiger partial charge in [0.2, 0.25) is 17.7 Å². The van der Waals surface area contributed by atoms with Crippen molar-refractivity contribution in [2.75, 3.05) is 53.2 Å². The maximum Gasteiger partial charge on any atom is 0.254 e. The molecule has 0 radical (unpaired) electrons. The Hall–Kier alpha value is -4.52. The number of carbonyl (C=O) groups excluding carboxylic acids is 4. The molecule has 4 amide bonds. The second-order valence-electron chi connectivity index (χ2n) is 16.1. The second-order valence-corrected chi connectivity index (χ2v) is 17.4. The van der Waals surface area contributed by atoms with Gasteiger partial charge in [0.15, 0.2) is 5.50 Å². The largest absolute Gasteiger partial charge is 0.492 e. The predicted molar refractivity (Wildman–Crippen MR) is 229 cm³/mol. The molecule has 306 valence electrons. The van der Waals surface area contributed by atoms with Crippen LogP contribution in [0.25, 0.3) is 0 Å². The number of rotatable bonds is 12. The molecule has 0 aromatic heterocycles. The molecule has 3 aromatic carbocycles. The van der Waals surface area contributed by atoms with Crippen LogP contribution in [0.5, 0.6) is 5.75 Å². The minimum atomic E-state index is -0.901. The van der Waals surface area contributed by atoms with E-state index in [1.165, 1.54) is 0 Å². The second kappa shape index (κ2) is 17.0. The molecule has 2 unspecified atom stereocenters. The van der Waals surface area contributed by atoms with Gasteiger partial charge >= 0.3 is 0 Å². The minimum absolute atomic E-state index is 0.112. The van der Waals surface area contributed by atoms with Crippen molar-refractivity contribution >= 4 is 82.2 Å². The van der Waals surface area contributed by atoms with Crippen molar-refractivity contribution in [3.8, 4) is 11.8 Å². The van der Waals surface area contributed by atoms with Crippen LogP contribution in [-0.4, -0.2) is 95.4 Å². The molecule has 13 nitrogen and oxygen atoms in total. The molecular weight excluding hydrogens is 799 g/mol. The van der Waals surface area contributed by atoms with Crippen LogP contribution < -0.4 is 30.5 Å². The molecule has 0 spiro atoms. The number of hydrogen-bond acceptors (Lipinski definition) is 11. The van der Waals surface area contributed by atoms with Gasteiger partial charge in [0.1, 0.15) is 30.0 Å². The molecule has 1 aliphatic carbocycles. The Balaban J connectivity index is 0.936. The summed E-state index contributed by atoms with van der Waals surface area (Å²) >= 11 is 17.6. The molecule has 1 saturated carbocycles. The lowest BCUT2D eigenvalue weighted by atomic mass is 10.0. The van der Waals surface area contributed by atoms with Gasteiger partial charge in [-0.1, -0.05) is 23.2 Å². The van der Waals surface area contributed by atoms with Crippen LogP contribution in [0.15, 0.2) is 54.6 Å². The van der Waals surface area contributed by atoms with E-state index in [1.54, 1.807) is 41.3 Å². The molecule has 3 aliphatic heterocycles. The highest BCUT2D eigenvalue weighted by atomic mass is 35.5. The molecular formula is C42H48Cl2N8O5S. The summed E-state index contributed by atoms with van der Waals surface area (Å²) in [6.45, 7) is 11.0. The molecule has 4 fully saturated rings. The topological polar surface area (TPSA) is 150 Å². The molecule has 3 saturated heterocycles. The van der Waals surface area contributed by atoms with Crippen LogP contribution in [-0.2, 0) is 19.2 Å². The number of carbonyl (C=O) groups is 4. The Bertz CT molecular complexity index is 2150. The van der Waals surface area contributed by atoms with Gasteiger partial charge in [-0.15, -0.1) is 12.6 Å². The molecule has 4 atom stereocenters. The average Bonchev–Trinajstić information content (AvgIpc) is 3.98. The van der Waals surface area contributed by atoms with Crippen LogP contribution in [0.3, 0.4) is 0 Å². The standard InChI is InChI=1S/C42H48Cl2N8O5S/c1-24-21-49(22-25(2)50(24)23-38(54)47-30-16-28(43)15-29(17-30)46-35-10-12-37(53)48-39(35)55)13-14-57-36-11-9-32(18-33(36)26-5-6-26)52-41(58)51(40(56)42(52,3)4)31-8-7-27(20-45)34(44)19-31/h7-9,11,15-19,24-26,35,41,46,58H,5-6,10,12-14,21-23H2,1-4H3,(H,47,54)(H,48,53,55)/t24-,25+,35?,41?.